The van der Waals surface area contributed by atoms with Crippen molar-refractivity contribution >= 4 is 17.9 Å². The van der Waals surface area contributed by atoms with E-state index in [2.05, 4.69) is 45.1 Å². The fourth-order valence-electron chi connectivity index (χ4n) is 9.66. The molecule has 0 saturated heterocycles. The second-order valence-electron chi connectivity index (χ2n) is 21.7. The van der Waals surface area contributed by atoms with Gasteiger partial charge >= 0.3 is 17.9 Å². The largest absolute Gasteiger partial charge is 0.462 e. The van der Waals surface area contributed by atoms with Gasteiger partial charge in [0.25, 0.3) is 0 Å². The zero-order chi connectivity index (χ0) is 51.4. The van der Waals surface area contributed by atoms with Gasteiger partial charge in [-0.05, 0) is 44.9 Å². The van der Waals surface area contributed by atoms with Gasteiger partial charge in [-0.25, -0.2) is 0 Å². The minimum atomic E-state index is -0.772. The SMILES string of the molecule is CCC/C=C\C/C=C\CCCCCCCC(=O)OCC(COC(=O)CCCCCCCCCCCCCCCCCCCCCCCCCCCC)OC(=O)CCCCCCCCCCCCCCCC. The molecule has 6 heteroatoms. The van der Waals surface area contributed by atoms with E-state index in [1.54, 1.807) is 0 Å². The Labute approximate surface area is 443 Å². The first-order chi connectivity index (χ1) is 35.0. The second kappa shape index (κ2) is 60.4. The van der Waals surface area contributed by atoms with Crippen molar-refractivity contribution in [2.75, 3.05) is 13.2 Å². The Morgan fingerprint density at radius 1 is 0.282 bits per heavy atom. The molecule has 0 fully saturated rings. The van der Waals surface area contributed by atoms with E-state index in [9.17, 15) is 14.4 Å². The van der Waals surface area contributed by atoms with E-state index >= 15 is 0 Å². The molecule has 0 aromatic rings. The summed E-state index contributed by atoms with van der Waals surface area (Å²) >= 11 is 0. The smallest absolute Gasteiger partial charge is 0.306 e. The van der Waals surface area contributed by atoms with Crippen molar-refractivity contribution in [1.82, 2.24) is 0 Å². The van der Waals surface area contributed by atoms with Gasteiger partial charge in [0.05, 0.1) is 0 Å². The van der Waals surface area contributed by atoms with Crippen molar-refractivity contribution in [3.63, 3.8) is 0 Å². The third-order valence-corrected chi connectivity index (χ3v) is 14.4. The molecule has 0 spiro atoms. The third kappa shape index (κ3) is 58.7. The van der Waals surface area contributed by atoms with Crippen LogP contribution < -0.4 is 0 Å². The van der Waals surface area contributed by atoms with Crippen molar-refractivity contribution < 1.29 is 28.6 Å². The van der Waals surface area contributed by atoms with E-state index in [-0.39, 0.29) is 31.1 Å². The van der Waals surface area contributed by atoms with Crippen LogP contribution in [0.3, 0.4) is 0 Å². The molecule has 0 aliphatic carbocycles. The van der Waals surface area contributed by atoms with E-state index in [1.807, 2.05) is 0 Å². The van der Waals surface area contributed by atoms with Crippen molar-refractivity contribution in [3.05, 3.63) is 24.3 Å². The summed E-state index contributed by atoms with van der Waals surface area (Å²) in [6.07, 6.45) is 72.0. The lowest BCUT2D eigenvalue weighted by Gasteiger charge is -2.18. The normalized spacial score (nSPS) is 12.1. The molecule has 0 aromatic heterocycles. The molecule has 71 heavy (non-hydrogen) atoms. The molecule has 418 valence electrons. The molecule has 0 saturated carbocycles. The fraction of sp³-hybridized carbons (Fsp3) is 0.892. The van der Waals surface area contributed by atoms with Crippen molar-refractivity contribution in [2.45, 2.75) is 361 Å². The molecule has 0 aliphatic heterocycles. The first-order valence-electron chi connectivity index (χ1n) is 31.8. The van der Waals surface area contributed by atoms with E-state index < -0.39 is 6.10 Å². The Balaban J connectivity index is 4.17. The lowest BCUT2D eigenvalue weighted by atomic mass is 10.0. The Bertz CT molecular complexity index is 1150. The minimum Gasteiger partial charge on any atom is -0.462 e. The second-order valence-corrected chi connectivity index (χ2v) is 21.7. The average Bonchev–Trinajstić information content (AvgIpc) is 3.37. The fourth-order valence-corrected chi connectivity index (χ4v) is 9.66. The number of hydrogen-bond donors (Lipinski definition) is 0. The van der Waals surface area contributed by atoms with E-state index in [1.165, 1.54) is 231 Å². The van der Waals surface area contributed by atoms with Gasteiger partial charge in [0, 0.05) is 19.3 Å². The van der Waals surface area contributed by atoms with Crippen LogP contribution in [0.5, 0.6) is 0 Å². The topological polar surface area (TPSA) is 78.9 Å². The molecule has 0 radical (unpaired) electrons. The van der Waals surface area contributed by atoms with Gasteiger partial charge in [0.15, 0.2) is 6.10 Å². The Kier molecular flexibility index (Phi) is 58.6. The summed E-state index contributed by atoms with van der Waals surface area (Å²) in [5, 5.41) is 0. The van der Waals surface area contributed by atoms with Crippen LogP contribution in [0.1, 0.15) is 355 Å². The molecule has 0 amide bonds. The third-order valence-electron chi connectivity index (χ3n) is 14.4. The molecule has 0 heterocycles. The number of ether oxygens (including phenoxy) is 3. The Hall–Kier alpha value is -2.11. The van der Waals surface area contributed by atoms with Gasteiger partial charge in [-0.1, -0.05) is 315 Å². The minimum absolute atomic E-state index is 0.0699. The maximum absolute atomic E-state index is 12.9. The molecule has 0 N–H and O–H groups in total. The lowest BCUT2D eigenvalue weighted by molar-refractivity contribution is -0.167. The number of carbonyl (C=O) groups excluding carboxylic acids is 3. The zero-order valence-electron chi connectivity index (χ0n) is 48.0. The molecule has 1 unspecified atom stereocenters. The number of rotatable bonds is 59. The molecule has 0 aromatic carbocycles. The van der Waals surface area contributed by atoms with Crippen LogP contribution in [0, 0.1) is 0 Å². The number of esters is 3. The van der Waals surface area contributed by atoms with E-state index in [0.29, 0.717) is 19.3 Å². The average molecular weight is 1000 g/mol. The van der Waals surface area contributed by atoms with Gasteiger partial charge in [-0.3, -0.25) is 14.4 Å². The van der Waals surface area contributed by atoms with Crippen molar-refractivity contribution in [1.29, 1.82) is 0 Å². The highest BCUT2D eigenvalue weighted by Crippen LogP contribution is 2.18. The number of unbranched alkanes of at least 4 members (excludes halogenated alkanes) is 44. The van der Waals surface area contributed by atoms with Gasteiger partial charge in [0.1, 0.15) is 13.2 Å². The van der Waals surface area contributed by atoms with E-state index in [0.717, 1.165) is 83.5 Å². The monoisotopic (exact) mass is 999 g/mol. The summed E-state index contributed by atoms with van der Waals surface area (Å²) in [6, 6.07) is 0. The van der Waals surface area contributed by atoms with Crippen LogP contribution in [0.2, 0.25) is 0 Å². The summed E-state index contributed by atoms with van der Waals surface area (Å²) in [4.78, 5) is 38.2. The molecule has 0 bridgehead atoms. The van der Waals surface area contributed by atoms with Crippen LogP contribution in [0.25, 0.3) is 0 Å². The zero-order valence-corrected chi connectivity index (χ0v) is 48.0. The first kappa shape index (κ1) is 68.9. The standard InChI is InChI=1S/C65H122O6/c1-4-7-10-13-16-19-22-25-27-28-29-30-31-32-33-34-35-36-37-38-41-43-46-49-52-55-58-64(67)70-61-62(60-69-63(66)57-54-51-48-45-42-39-24-21-18-15-12-9-6-3)71-65(68)59-56-53-50-47-44-40-26-23-20-17-14-11-8-5-2/h12,15,21,24,62H,4-11,13-14,16-20,22-23,25-61H2,1-3H3/b15-12-,24-21-. The number of allylic oxidation sites excluding steroid dienone is 4. The highest BCUT2D eigenvalue weighted by molar-refractivity contribution is 5.71. The number of carbonyl (C=O) groups is 3. The van der Waals surface area contributed by atoms with Gasteiger partial charge in [-0.15, -0.1) is 0 Å². The molecule has 0 aliphatic rings. The van der Waals surface area contributed by atoms with Crippen LogP contribution >= 0.6 is 0 Å². The molecular formula is C65H122O6. The van der Waals surface area contributed by atoms with E-state index in [4.69, 9.17) is 14.2 Å². The Morgan fingerprint density at radius 3 is 0.831 bits per heavy atom. The van der Waals surface area contributed by atoms with Crippen molar-refractivity contribution in [2.24, 2.45) is 0 Å². The van der Waals surface area contributed by atoms with Gasteiger partial charge < -0.3 is 14.2 Å². The summed E-state index contributed by atoms with van der Waals surface area (Å²) < 4.78 is 16.9. The van der Waals surface area contributed by atoms with Gasteiger partial charge in [0.2, 0.25) is 0 Å². The van der Waals surface area contributed by atoms with Crippen molar-refractivity contribution in [3.8, 4) is 0 Å². The maximum Gasteiger partial charge on any atom is 0.306 e. The highest BCUT2D eigenvalue weighted by atomic mass is 16.6. The molecular weight excluding hydrogens is 877 g/mol. The predicted molar refractivity (Wildman–Crippen MR) is 307 cm³/mol. The quantitative estimate of drug-likeness (QED) is 0.0261. The summed E-state index contributed by atoms with van der Waals surface area (Å²) in [5.74, 6) is -0.860. The van der Waals surface area contributed by atoms with Crippen LogP contribution in [0.15, 0.2) is 24.3 Å². The van der Waals surface area contributed by atoms with Crippen LogP contribution in [-0.2, 0) is 28.6 Å². The highest BCUT2D eigenvalue weighted by Gasteiger charge is 2.19. The summed E-state index contributed by atoms with van der Waals surface area (Å²) in [5.41, 5.74) is 0. The molecule has 1 atom stereocenters. The summed E-state index contributed by atoms with van der Waals surface area (Å²) in [6.45, 7) is 6.63. The Morgan fingerprint density at radius 2 is 0.535 bits per heavy atom. The molecule has 6 nitrogen and oxygen atoms in total. The van der Waals surface area contributed by atoms with Gasteiger partial charge in [-0.2, -0.15) is 0 Å². The van der Waals surface area contributed by atoms with Crippen LogP contribution in [-0.4, -0.2) is 37.2 Å². The number of hydrogen-bond acceptors (Lipinski definition) is 6. The predicted octanol–water partition coefficient (Wildman–Crippen LogP) is 21.4. The summed E-state index contributed by atoms with van der Waals surface area (Å²) in [7, 11) is 0. The lowest BCUT2D eigenvalue weighted by Crippen LogP contribution is -2.30. The molecule has 0 rings (SSSR count). The maximum atomic E-state index is 12.9. The first-order valence-corrected chi connectivity index (χ1v) is 31.8. The van der Waals surface area contributed by atoms with Crippen LogP contribution in [0.4, 0.5) is 0 Å².